The molecule has 1 fully saturated rings. The largest absolute Gasteiger partial charge is 0.330 e. The summed E-state index contributed by atoms with van der Waals surface area (Å²) in [6.07, 6.45) is 11.0. The predicted molar refractivity (Wildman–Crippen MR) is 103 cm³/mol. The fourth-order valence-corrected chi connectivity index (χ4v) is 4.35. The first-order valence-corrected chi connectivity index (χ1v) is 9.39. The van der Waals surface area contributed by atoms with E-state index < -0.39 is 0 Å². The molecule has 4 rings (SSSR count). The SMILES string of the molecule is CCCc1cc(-c2ccnc3[nH]ncc23)cc(C2(CN)CCCC2)c1. The number of pyridine rings is 1. The number of H-pyrrole nitrogens is 1. The second kappa shape index (κ2) is 6.60. The molecule has 1 aromatic carbocycles. The maximum absolute atomic E-state index is 6.26. The molecule has 2 heterocycles. The Morgan fingerprint density at radius 2 is 2.04 bits per heavy atom. The van der Waals surface area contributed by atoms with E-state index in [0.717, 1.165) is 30.4 Å². The van der Waals surface area contributed by atoms with Gasteiger partial charge in [-0.3, -0.25) is 5.10 Å². The number of fused-ring (bicyclic) bond motifs is 1. The van der Waals surface area contributed by atoms with Gasteiger partial charge in [0, 0.05) is 23.5 Å². The van der Waals surface area contributed by atoms with Crippen LogP contribution in [0.15, 0.2) is 36.7 Å². The Balaban J connectivity index is 1.89. The Kier molecular flexibility index (Phi) is 4.30. The van der Waals surface area contributed by atoms with Gasteiger partial charge < -0.3 is 5.73 Å². The summed E-state index contributed by atoms with van der Waals surface area (Å²) in [6, 6.07) is 9.18. The molecule has 0 aliphatic heterocycles. The molecule has 25 heavy (non-hydrogen) atoms. The molecule has 4 nitrogen and oxygen atoms in total. The van der Waals surface area contributed by atoms with E-state index in [-0.39, 0.29) is 5.41 Å². The number of nitrogens with two attached hydrogens (primary N) is 1. The van der Waals surface area contributed by atoms with Crippen LogP contribution in [0.5, 0.6) is 0 Å². The van der Waals surface area contributed by atoms with Crippen LogP contribution in [0, 0.1) is 0 Å². The minimum Gasteiger partial charge on any atom is -0.330 e. The van der Waals surface area contributed by atoms with Crippen molar-refractivity contribution >= 4 is 11.0 Å². The van der Waals surface area contributed by atoms with E-state index in [9.17, 15) is 0 Å². The van der Waals surface area contributed by atoms with Gasteiger partial charge in [0.05, 0.1) is 6.20 Å². The van der Waals surface area contributed by atoms with Crippen molar-refractivity contribution in [3.8, 4) is 11.1 Å². The number of aromatic nitrogens is 3. The summed E-state index contributed by atoms with van der Waals surface area (Å²) >= 11 is 0. The maximum Gasteiger partial charge on any atom is 0.155 e. The van der Waals surface area contributed by atoms with Crippen LogP contribution in [0.4, 0.5) is 0 Å². The number of hydrogen-bond acceptors (Lipinski definition) is 3. The summed E-state index contributed by atoms with van der Waals surface area (Å²) in [6.45, 7) is 2.97. The topological polar surface area (TPSA) is 67.6 Å². The van der Waals surface area contributed by atoms with Gasteiger partial charge in [-0.2, -0.15) is 5.10 Å². The third-order valence-corrected chi connectivity index (χ3v) is 5.76. The first-order valence-electron chi connectivity index (χ1n) is 9.39. The highest BCUT2D eigenvalue weighted by Crippen LogP contribution is 2.42. The molecule has 130 valence electrons. The Labute approximate surface area is 148 Å². The Morgan fingerprint density at radius 1 is 1.20 bits per heavy atom. The smallest absolute Gasteiger partial charge is 0.155 e. The van der Waals surface area contributed by atoms with Crippen molar-refractivity contribution in [3.63, 3.8) is 0 Å². The zero-order valence-electron chi connectivity index (χ0n) is 14.9. The van der Waals surface area contributed by atoms with E-state index >= 15 is 0 Å². The molecule has 1 aliphatic rings. The second-order valence-electron chi connectivity index (χ2n) is 7.35. The molecular formula is C21H26N4. The summed E-state index contributed by atoms with van der Waals surface area (Å²) in [4.78, 5) is 4.38. The number of aryl methyl sites for hydroxylation is 1. The molecule has 0 spiro atoms. The average Bonchev–Trinajstić information content (AvgIpc) is 3.31. The van der Waals surface area contributed by atoms with Gasteiger partial charge in [-0.05, 0) is 47.6 Å². The average molecular weight is 334 g/mol. The van der Waals surface area contributed by atoms with Gasteiger partial charge in [0.25, 0.3) is 0 Å². The Hall–Kier alpha value is -2.20. The predicted octanol–water partition coefficient (Wildman–Crippen LogP) is 4.35. The highest BCUT2D eigenvalue weighted by Gasteiger charge is 2.34. The van der Waals surface area contributed by atoms with Crippen LogP contribution < -0.4 is 5.73 Å². The highest BCUT2D eigenvalue weighted by molar-refractivity contribution is 5.92. The van der Waals surface area contributed by atoms with Gasteiger partial charge in [-0.15, -0.1) is 0 Å². The molecule has 0 bridgehead atoms. The number of hydrogen-bond donors (Lipinski definition) is 2. The molecule has 4 heteroatoms. The molecule has 0 saturated heterocycles. The van der Waals surface area contributed by atoms with Crippen LogP contribution in [0.3, 0.4) is 0 Å². The van der Waals surface area contributed by atoms with E-state index in [4.69, 9.17) is 5.73 Å². The number of aromatic amines is 1. The number of rotatable bonds is 5. The van der Waals surface area contributed by atoms with Crippen LogP contribution >= 0.6 is 0 Å². The van der Waals surface area contributed by atoms with Gasteiger partial charge in [-0.1, -0.05) is 44.4 Å². The molecule has 1 saturated carbocycles. The van der Waals surface area contributed by atoms with Crippen molar-refractivity contribution in [2.75, 3.05) is 6.54 Å². The van der Waals surface area contributed by atoms with E-state index in [2.05, 4.69) is 46.4 Å². The van der Waals surface area contributed by atoms with E-state index in [0.29, 0.717) is 0 Å². The summed E-state index contributed by atoms with van der Waals surface area (Å²) in [7, 11) is 0. The lowest BCUT2D eigenvalue weighted by molar-refractivity contribution is 0.453. The minimum atomic E-state index is 0.154. The van der Waals surface area contributed by atoms with E-state index in [1.165, 1.54) is 47.9 Å². The normalized spacial score (nSPS) is 16.6. The fourth-order valence-electron chi connectivity index (χ4n) is 4.35. The minimum absolute atomic E-state index is 0.154. The lowest BCUT2D eigenvalue weighted by atomic mass is 9.77. The van der Waals surface area contributed by atoms with Gasteiger partial charge in [0.1, 0.15) is 0 Å². The van der Waals surface area contributed by atoms with Gasteiger partial charge >= 0.3 is 0 Å². The van der Waals surface area contributed by atoms with Crippen LogP contribution in [0.25, 0.3) is 22.2 Å². The highest BCUT2D eigenvalue weighted by atomic mass is 15.1. The third-order valence-electron chi connectivity index (χ3n) is 5.76. The third kappa shape index (κ3) is 2.85. The maximum atomic E-state index is 6.26. The van der Waals surface area contributed by atoms with Crippen LogP contribution in [-0.2, 0) is 11.8 Å². The molecule has 2 aromatic heterocycles. The molecule has 0 radical (unpaired) electrons. The van der Waals surface area contributed by atoms with Gasteiger partial charge in [-0.25, -0.2) is 4.98 Å². The fraction of sp³-hybridized carbons (Fsp3) is 0.429. The summed E-state index contributed by atoms with van der Waals surface area (Å²) in [5, 5.41) is 8.22. The number of nitrogens with one attached hydrogen (secondary N) is 1. The van der Waals surface area contributed by atoms with Crippen molar-refractivity contribution in [2.24, 2.45) is 5.73 Å². The van der Waals surface area contributed by atoms with Crippen molar-refractivity contribution < 1.29 is 0 Å². The zero-order chi connectivity index (χ0) is 17.3. The summed E-state index contributed by atoms with van der Waals surface area (Å²) in [5.74, 6) is 0. The lowest BCUT2D eigenvalue weighted by Gasteiger charge is -2.29. The first kappa shape index (κ1) is 16.3. The second-order valence-corrected chi connectivity index (χ2v) is 7.35. The summed E-state index contributed by atoms with van der Waals surface area (Å²) < 4.78 is 0. The molecule has 1 aliphatic carbocycles. The molecule has 3 N–H and O–H groups in total. The molecule has 3 aromatic rings. The van der Waals surface area contributed by atoms with E-state index in [1.807, 2.05) is 12.4 Å². The van der Waals surface area contributed by atoms with Gasteiger partial charge in [0.15, 0.2) is 5.65 Å². The molecule has 0 amide bonds. The number of nitrogens with zero attached hydrogens (tertiary/aromatic N) is 2. The van der Waals surface area contributed by atoms with Crippen molar-refractivity contribution in [3.05, 3.63) is 47.8 Å². The molecule has 0 atom stereocenters. The monoisotopic (exact) mass is 334 g/mol. The Bertz CT molecular complexity index is 874. The quantitative estimate of drug-likeness (QED) is 0.729. The first-order chi connectivity index (χ1) is 12.3. The molecular weight excluding hydrogens is 308 g/mol. The van der Waals surface area contributed by atoms with Crippen molar-refractivity contribution in [2.45, 2.75) is 50.9 Å². The van der Waals surface area contributed by atoms with Crippen molar-refractivity contribution in [1.29, 1.82) is 0 Å². The zero-order valence-corrected chi connectivity index (χ0v) is 14.9. The van der Waals surface area contributed by atoms with E-state index in [1.54, 1.807) is 0 Å². The number of benzene rings is 1. The standard InChI is InChI=1S/C21H26N4/c1-2-5-15-10-16(18-6-9-23-20-19(18)13-24-25-20)12-17(11-15)21(14-22)7-3-4-8-21/h6,9-13H,2-5,7-8,14,22H2,1H3,(H,23,24,25). The van der Waals surface area contributed by atoms with Gasteiger partial charge in [0.2, 0.25) is 0 Å². The van der Waals surface area contributed by atoms with Crippen LogP contribution in [0.1, 0.15) is 50.2 Å². The summed E-state index contributed by atoms with van der Waals surface area (Å²) in [5.41, 5.74) is 12.5. The molecule has 0 unspecified atom stereocenters. The van der Waals surface area contributed by atoms with Crippen LogP contribution in [0.2, 0.25) is 0 Å². The Morgan fingerprint density at radius 3 is 2.80 bits per heavy atom. The van der Waals surface area contributed by atoms with Crippen LogP contribution in [-0.4, -0.2) is 21.7 Å². The van der Waals surface area contributed by atoms with Crippen molar-refractivity contribution in [1.82, 2.24) is 15.2 Å². The lowest BCUT2D eigenvalue weighted by Crippen LogP contribution is -2.32.